The number of halogens is 1. The van der Waals surface area contributed by atoms with Gasteiger partial charge in [-0.15, -0.1) is 12.4 Å². The highest BCUT2D eigenvalue weighted by Crippen LogP contribution is 2.09. The molecule has 1 aromatic carbocycles. The van der Waals surface area contributed by atoms with Gasteiger partial charge in [-0.2, -0.15) is 0 Å². The van der Waals surface area contributed by atoms with Gasteiger partial charge in [0.15, 0.2) is 0 Å². The van der Waals surface area contributed by atoms with Crippen molar-refractivity contribution in [1.82, 2.24) is 15.5 Å². The van der Waals surface area contributed by atoms with Gasteiger partial charge < -0.3 is 15.5 Å². The van der Waals surface area contributed by atoms with E-state index in [1.165, 1.54) is 5.57 Å². The molecule has 2 N–H and O–H groups in total. The van der Waals surface area contributed by atoms with Gasteiger partial charge in [0.1, 0.15) is 0 Å². The molecule has 0 spiro atoms. The minimum Gasteiger partial charge on any atom is -0.348 e. The Bertz CT molecular complexity index is 587. The summed E-state index contributed by atoms with van der Waals surface area (Å²) in [4.78, 5) is 26.0. The van der Waals surface area contributed by atoms with Crippen LogP contribution in [0.3, 0.4) is 0 Å². The Balaban J connectivity index is 0.00000264. The Hall–Kier alpha value is -1.85. The van der Waals surface area contributed by atoms with Gasteiger partial charge in [-0.05, 0) is 38.1 Å². The zero-order chi connectivity index (χ0) is 15.9. The maximum Gasteiger partial charge on any atom is 0.253 e. The molecule has 0 saturated carbocycles. The number of nitrogens with zero attached hydrogens (tertiary/aromatic N) is 1. The molecule has 1 aliphatic rings. The van der Waals surface area contributed by atoms with Crippen molar-refractivity contribution < 1.29 is 9.59 Å². The highest BCUT2D eigenvalue weighted by molar-refractivity contribution is 5.99. The molecule has 2 amide bonds. The predicted octanol–water partition coefficient (Wildman–Crippen LogP) is 1.85. The fourth-order valence-electron chi connectivity index (χ4n) is 2.28. The van der Waals surface area contributed by atoms with Crippen LogP contribution in [0.5, 0.6) is 0 Å². The van der Waals surface area contributed by atoms with E-state index in [0.717, 1.165) is 19.5 Å². The number of hydrogen-bond acceptors (Lipinski definition) is 3. The first-order valence-corrected chi connectivity index (χ1v) is 7.64. The highest BCUT2D eigenvalue weighted by atomic mass is 35.5. The van der Waals surface area contributed by atoms with E-state index >= 15 is 0 Å². The molecule has 0 bridgehead atoms. The molecule has 2 rings (SSSR count). The Kier molecular flexibility index (Phi) is 7.78. The summed E-state index contributed by atoms with van der Waals surface area (Å²) in [6, 6.07) is 6.87. The summed E-state index contributed by atoms with van der Waals surface area (Å²) in [6.45, 7) is 4.93. The molecule has 0 atom stereocenters. The molecule has 1 heterocycles. The summed E-state index contributed by atoms with van der Waals surface area (Å²) in [5.74, 6) is -0.216. The van der Waals surface area contributed by atoms with Crippen molar-refractivity contribution in [2.75, 3.05) is 33.2 Å². The normalized spacial score (nSPS) is 13.6. The zero-order valence-electron chi connectivity index (χ0n) is 13.6. The fourth-order valence-corrected chi connectivity index (χ4v) is 2.28. The molecule has 1 aliphatic heterocycles. The first kappa shape index (κ1) is 19.2. The quantitative estimate of drug-likeness (QED) is 0.806. The number of carbonyl (C=O) groups is 2. The molecule has 0 saturated heterocycles. The lowest BCUT2D eigenvalue weighted by Crippen LogP contribution is -2.30. The smallest absolute Gasteiger partial charge is 0.253 e. The number of rotatable bonds is 5. The third-order valence-corrected chi connectivity index (χ3v) is 3.83. The van der Waals surface area contributed by atoms with E-state index in [1.807, 2.05) is 6.92 Å². The van der Waals surface area contributed by atoms with Gasteiger partial charge in [0.2, 0.25) is 0 Å². The van der Waals surface area contributed by atoms with E-state index in [9.17, 15) is 9.59 Å². The number of carbonyl (C=O) groups excluding carboxylic acids is 2. The molecule has 1 aromatic rings. The summed E-state index contributed by atoms with van der Waals surface area (Å²) >= 11 is 0. The Morgan fingerprint density at radius 2 is 2.04 bits per heavy atom. The van der Waals surface area contributed by atoms with Gasteiger partial charge in [-0.3, -0.25) is 9.59 Å². The largest absolute Gasteiger partial charge is 0.348 e. The summed E-state index contributed by atoms with van der Waals surface area (Å²) in [5, 5.41) is 6.16. The zero-order valence-corrected chi connectivity index (χ0v) is 14.4. The third-order valence-electron chi connectivity index (χ3n) is 3.83. The second-order valence-electron chi connectivity index (χ2n) is 5.40. The topological polar surface area (TPSA) is 61.4 Å². The molecule has 0 aliphatic carbocycles. The first-order chi connectivity index (χ1) is 10.6. The van der Waals surface area contributed by atoms with Crippen molar-refractivity contribution in [2.45, 2.75) is 13.3 Å². The summed E-state index contributed by atoms with van der Waals surface area (Å²) in [5.41, 5.74) is 2.30. The minimum atomic E-state index is -0.145. The van der Waals surface area contributed by atoms with Crippen LogP contribution in [-0.4, -0.2) is 49.9 Å². The van der Waals surface area contributed by atoms with Gasteiger partial charge in [0.05, 0.1) is 0 Å². The van der Waals surface area contributed by atoms with Crippen molar-refractivity contribution in [1.29, 1.82) is 0 Å². The molecule has 0 radical (unpaired) electrons. The Morgan fingerprint density at radius 3 is 2.70 bits per heavy atom. The maximum atomic E-state index is 12.2. The van der Waals surface area contributed by atoms with Crippen LogP contribution in [0, 0.1) is 0 Å². The van der Waals surface area contributed by atoms with Crippen LogP contribution in [0.25, 0.3) is 0 Å². The lowest BCUT2D eigenvalue weighted by Gasteiger charge is -2.16. The third kappa shape index (κ3) is 5.37. The fraction of sp³-hybridized carbons (Fsp3) is 0.412. The van der Waals surface area contributed by atoms with Crippen molar-refractivity contribution in [2.24, 2.45) is 0 Å². The monoisotopic (exact) mass is 337 g/mol. The molecule has 5 nitrogen and oxygen atoms in total. The average Bonchev–Trinajstić information content (AvgIpc) is 2.59. The molecule has 0 fully saturated rings. The molecule has 126 valence electrons. The maximum absolute atomic E-state index is 12.2. The summed E-state index contributed by atoms with van der Waals surface area (Å²) in [7, 11) is 1.75. The van der Waals surface area contributed by atoms with Gasteiger partial charge in [-0.25, -0.2) is 0 Å². The van der Waals surface area contributed by atoms with Crippen LogP contribution in [0.1, 0.15) is 34.1 Å². The lowest BCUT2D eigenvalue weighted by molar-refractivity contribution is 0.0802. The van der Waals surface area contributed by atoms with Crippen LogP contribution in [0.2, 0.25) is 0 Å². The van der Waals surface area contributed by atoms with E-state index < -0.39 is 0 Å². The Morgan fingerprint density at radius 1 is 1.30 bits per heavy atom. The van der Waals surface area contributed by atoms with E-state index in [1.54, 1.807) is 36.2 Å². The van der Waals surface area contributed by atoms with E-state index in [-0.39, 0.29) is 24.2 Å². The SMILES string of the molecule is CCN(C)C(=O)c1cccc(C(=O)NCC2=CCNCC2)c1.Cl. The summed E-state index contributed by atoms with van der Waals surface area (Å²) < 4.78 is 0. The van der Waals surface area contributed by atoms with Crippen molar-refractivity contribution in [3.63, 3.8) is 0 Å². The van der Waals surface area contributed by atoms with Gasteiger partial charge in [-0.1, -0.05) is 17.7 Å². The molecular formula is C17H24ClN3O2. The summed E-state index contributed by atoms with van der Waals surface area (Å²) in [6.07, 6.45) is 3.07. The standard InChI is InChI=1S/C17H23N3O2.ClH/c1-3-20(2)17(22)15-6-4-5-14(11-15)16(21)19-12-13-7-9-18-10-8-13;/h4-7,11,18H,3,8-10,12H2,1-2H3,(H,19,21);1H. The van der Waals surface area contributed by atoms with E-state index in [2.05, 4.69) is 16.7 Å². The second-order valence-corrected chi connectivity index (χ2v) is 5.40. The average molecular weight is 338 g/mol. The minimum absolute atomic E-state index is 0. The van der Waals surface area contributed by atoms with Crippen LogP contribution >= 0.6 is 12.4 Å². The van der Waals surface area contributed by atoms with Crippen LogP contribution in [0.15, 0.2) is 35.9 Å². The number of nitrogens with one attached hydrogen (secondary N) is 2. The van der Waals surface area contributed by atoms with Gasteiger partial charge >= 0.3 is 0 Å². The molecule has 23 heavy (non-hydrogen) atoms. The van der Waals surface area contributed by atoms with Crippen molar-refractivity contribution >= 4 is 24.2 Å². The van der Waals surface area contributed by atoms with E-state index in [0.29, 0.717) is 24.2 Å². The number of amides is 2. The number of benzene rings is 1. The lowest BCUT2D eigenvalue weighted by atomic mass is 10.1. The van der Waals surface area contributed by atoms with Crippen molar-refractivity contribution in [3.05, 3.63) is 47.0 Å². The van der Waals surface area contributed by atoms with Gasteiger partial charge in [0.25, 0.3) is 11.8 Å². The molecule has 6 heteroatoms. The van der Waals surface area contributed by atoms with Crippen LogP contribution in [0.4, 0.5) is 0 Å². The van der Waals surface area contributed by atoms with Crippen LogP contribution in [-0.2, 0) is 0 Å². The van der Waals surface area contributed by atoms with Crippen molar-refractivity contribution in [3.8, 4) is 0 Å². The van der Waals surface area contributed by atoms with Gasteiger partial charge in [0, 0.05) is 37.8 Å². The molecular weight excluding hydrogens is 314 g/mol. The second kappa shape index (κ2) is 9.33. The Labute approximate surface area is 143 Å². The predicted molar refractivity (Wildman–Crippen MR) is 94.2 cm³/mol. The number of hydrogen-bond donors (Lipinski definition) is 2. The molecule has 0 unspecified atom stereocenters. The molecule has 0 aromatic heterocycles. The highest BCUT2D eigenvalue weighted by Gasteiger charge is 2.13. The first-order valence-electron chi connectivity index (χ1n) is 7.64. The van der Waals surface area contributed by atoms with E-state index in [4.69, 9.17) is 0 Å². The van der Waals surface area contributed by atoms with Crippen LogP contribution < -0.4 is 10.6 Å².